The Kier molecular flexibility index (Phi) is 3.61. The average Bonchev–Trinajstić information content (AvgIpc) is 2.65. The lowest BCUT2D eigenvalue weighted by atomic mass is 9.82. The molecule has 0 aromatic carbocycles. The van der Waals surface area contributed by atoms with Crippen molar-refractivity contribution in [2.45, 2.75) is 19.8 Å². The van der Waals surface area contributed by atoms with Crippen LogP contribution in [0.2, 0.25) is 0 Å². The molecular formula is C10H14BrN3OS. The van der Waals surface area contributed by atoms with Crippen molar-refractivity contribution in [1.29, 1.82) is 0 Å². The van der Waals surface area contributed by atoms with Crippen LogP contribution in [0.5, 0.6) is 0 Å². The maximum Gasteiger partial charge on any atom is 0.233 e. The van der Waals surface area contributed by atoms with Gasteiger partial charge in [-0.1, -0.05) is 11.3 Å². The van der Waals surface area contributed by atoms with Gasteiger partial charge in [0.05, 0.1) is 15.4 Å². The van der Waals surface area contributed by atoms with E-state index in [0.29, 0.717) is 5.13 Å². The Morgan fingerprint density at radius 2 is 2.56 bits per heavy atom. The number of halogens is 1. The summed E-state index contributed by atoms with van der Waals surface area (Å²) < 4.78 is 0.926. The molecule has 0 spiro atoms. The molecule has 4 nitrogen and oxygen atoms in total. The van der Waals surface area contributed by atoms with Gasteiger partial charge in [-0.15, -0.1) is 0 Å². The SMILES string of the molecule is CC1(C(=O)Nc2ncc(Br)s2)CCCNC1. The Morgan fingerprint density at radius 1 is 1.75 bits per heavy atom. The van der Waals surface area contributed by atoms with E-state index in [0.717, 1.165) is 29.7 Å². The lowest BCUT2D eigenvalue weighted by Gasteiger charge is -2.32. The molecule has 2 heterocycles. The van der Waals surface area contributed by atoms with E-state index in [9.17, 15) is 4.79 Å². The Hall–Kier alpha value is -0.460. The maximum atomic E-state index is 12.1. The van der Waals surface area contributed by atoms with Gasteiger partial charge in [-0.05, 0) is 42.2 Å². The van der Waals surface area contributed by atoms with E-state index >= 15 is 0 Å². The minimum absolute atomic E-state index is 0.0570. The molecule has 0 radical (unpaired) electrons. The Morgan fingerprint density at radius 3 is 3.12 bits per heavy atom. The van der Waals surface area contributed by atoms with Crippen LogP contribution >= 0.6 is 27.3 Å². The summed E-state index contributed by atoms with van der Waals surface area (Å²) in [5.41, 5.74) is -0.309. The highest BCUT2D eigenvalue weighted by Crippen LogP contribution is 2.29. The van der Waals surface area contributed by atoms with E-state index in [1.165, 1.54) is 11.3 Å². The average molecular weight is 304 g/mol. The minimum atomic E-state index is -0.309. The summed E-state index contributed by atoms with van der Waals surface area (Å²) in [6.07, 6.45) is 3.67. The van der Waals surface area contributed by atoms with Crippen molar-refractivity contribution in [3.63, 3.8) is 0 Å². The third kappa shape index (κ3) is 2.61. The second-order valence-electron chi connectivity index (χ2n) is 4.26. The van der Waals surface area contributed by atoms with Crippen molar-refractivity contribution in [3.8, 4) is 0 Å². The van der Waals surface area contributed by atoms with Crippen LogP contribution in [0.15, 0.2) is 9.98 Å². The van der Waals surface area contributed by atoms with Crippen LogP contribution in [0.1, 0.15) is 19.8 Å². The second kappa shape index (κ2) is 4.81. The zero-order valence-corrected chi connectivity index (χ0v) is 11.4. The van der Waals surface area contributed by atoms with Crippen molar-refractivity contribution < 1.29 is 4.79 Å². The quantitative estimate of drug-likeness (QED) is 0.881. The van der Waals surface area contributed by atoms with Crippen LogP contribution in [-0.4, -0.2) is 24.0 Å². The summed E-state index contributed by atoms with van der Waals surface area (Å²) in [6.45, 7) is 3.74. The standard InChI is InChI=1S/C10H14BrN3OS/c1-10(3-2-4-12-6-10)8(15)14-9-13-5-7(11)16-9/h5,12H,2-4,6H2,1H3,(H,13,14,15). The molecular weight excluding hydrogens is 290 g/mol. The highest BCUT2D eigenvalue weighted by Gasteiger charge is 2.34. The number of anilines is 1. The summed E-state index contributed by atoms with van der Waals surface area (Å²) in [7, 11) is 0. The fourth-order valence-electron chi connectivity index (χ4n) is 1.81. The first-order valence-corrected chi connectivity index (χ1v) is 6.85. The molecule has 1 aliphatic heterocycles. The highest BCUT2D eigenvalue weighted by molar-refractivity contribution is 9.11. The van der Waals surface area contributed by atoms with Crippen molar-refractivity contribution in [3.05, 3.63) is 9.98 Å². The largest absolute Gasteiger partial charge is 0.316 e. The molecule has 1 atom stereocenters. The number of nitrogens with one attached hydrogen (secondary N) is 2. The molecule has 1 aliphatic rings. The summed E-state index contributed by atoms with van der Waals surface area (Å²) in [5.74, 6) is 0.0570. The summed E-state index contributed by atoms with van der Waals surface area (Å²) >= 11 is 4.76. The topological polar surface area (TPSA) is 54.0 Å². The third-order valence-electron chi connectivity index (χ3n) is 2.84. The summed E-state index contributed by atoms with van der Waals surface area (Å²) in [5, 5.41) is 6.79. The first-order chi connectivity index (χ1) is 7.60. The number of carbonyl (C=O) groups is 1. The number of hydrogen-bond acceptors (Lipinski definition) is 4. The second-order valence-corrected chi connectivity index (χ2v) is 6.67. The van der Waals surface area contributed by atoms with Crippen molar-refractivity contribution in [2.24, 2.45) is 5.41 Å². The number of thiazole rings is 1. The smallest absolute Gasteiger partial charge is 0.233 e. The molecule has 2 N–H and O–H groups in total. The molecule has 1 fully saturated rings. The molecule has 0 bridgehead atoms. The molecule has 0 aliphatic carbocycles. The molecule has 88 valence electrons. The molecule has 0 saturated carbocycles. The van der Waals surface area contributed by atoms with Crippen molar-refractivity contribution >= 4 is 38.3 Å². The van der Waals surface area contributed by atoms with Gasteiger partial charge in [0.25, 0.3) is 0 Å². The Bertz CT molecular complexity index is 387. The molecule has 1 aromatic heterocycles. The molecule has 1 amide bonds. The number of hydrogen-bond donors (Lipinski definition) is 2. The van der Waals surface area contributed by atoms with Gasteiger partial charge in [0.1, 0.15) is 0 Å². The van der Waals surface area contributed by atoms with Gasteiger partial charge in [-0.2, -0.15) is 0 Å². The monoisotopic (exact) mass is 303 g/mol. The zero-order chi connectivity index (χ0) is 11.6. The van der Waals surface area contributed by atoms with Gasteiger partial charge in [0, 0.05) is 6.54 Å². The van der Waals surface area contributed by atoms with Gasteiger partial charge in [0.2, 0.25) is 5.91 Å². The number of nitrogens with zero attached hydrogens (tertiary/aromatic N) is 1. The van der Waals surface area contributed by atoms with Gasteiger partial charge in [0.15, 0.2) is 5.13 Å². The predicted octanol–water partition coefficient (Wildman–Crippen LogP) is 2.23. The minimum Gasteiger partial charge on any atom is -0.316 e. The number of piperidine rings is 1. The molecule has 1 unspecified atom stereocenters. The zero-order valence-electron chi connectivity index (χ0n) is 9.05. The third-order valence-corrected chi connectivity index (χ3v) is 4.23. The molecule has 1 saturated heterocycles. The summed E-state index contributed by atoms with van der Waals surface area (Å²) in [4.78, 5) is 16.2. The van der Waals surface area contributed by atoms with Gasteiger partial charge >= 0.3 is 0 Å². The van der Waals surface area contributed by atoms with E-state index in [2.05, 4.69) is 31.5 Å². The lowest BCUT2D eigenvalue weighted by Crippen LogP contribution is -2.46. The van der Waals surface area contributed by atoms with E-state index in [4.69, 9.17) is 0 Å². The fourth-order valence-corrected chi connectivity index (χ4v) is 2.91. The van der Waals surface area contributed by atoms with Crippen molar-refractivity contribution in [1.82, 2.24) is 10.3 Å². The highest BCUT2D eigenvalue weighted by atomic mass is 79.9. The van der Waals surface area contributed by atoms with E-state index in [1.807, 2.05) is 6.92 Å². The molecule has 1 aromatic rings. The first kappa shape index (κ1) is 12.0. The molecule has 16 heavy (non-hydrogen) atoms. The van der Waals surface area contributed by atoms with Crippen LogP contribution in [0, 0.1) is 5.41 Å². The maximum absolute atomic E-state index is 12.1. The summed E-state index contributed by atoms with van der Waals surface area (Å²) in [6, 6.07) is 0. The Labute approximate surface area is 107 Å². The van der Waals surface area contributed by atoms with Crippen LogP contribution in [-0.2, 0) is 4.79 Å². The number of aromatic nitrogens is 1. The van der Waals surface area contributed by atoms with Crippen molar-refractivity contribution in [2.75, 3.05) is 18.4 Å². The predicted molar refractivity (Wildman–Crippen MR) is 68.7 cm³/mol. The van der Waals surface area contributed by atoms with Gasteiger partial charge < -0.3 is 10.6 Å². The van der Waals surface area contributed by atoms with E-state index in [1.54, 1.807) is 6.20 Å². The van der Waals surface area contributed by atoms with E-state index in [-0.39, 0.29) is 11.3 Å². The van der Waals surface area contributed by atoms with Crippen LogP contribution < -0.4 is 10.6 Å². The fraction of sp³-hybridized carbons (Fsp3) is 0.600. The van der Waals surface area contributed by atoms with Gasteiger partial charge in [-0.3, -0.25) is 4.79 Å². The Balaban J connectivity index is 2.01. The first-order valence-electron chi connectivity index (χ1n) is 5.24. The van der Waals surface area contributed by atoms with Gasteiger partial charge in [-0.25, -0.2) is 4.98 Å². The number of carbonyl (C=O) groups excluding carboxylic acids is 1. The lowest BCUT2D eigenvalue weighted by molar-refractivity contribution is -0.125. The number of amides is 1. The molecule has 2 rings (SSSR count). The van der Waals surface area contributed by atoms with E-state index < -0.39 is 0 Å². The normalized spacial score (nSPS) is 25.4. The van der Waals surface area contributed by atoms with Crippen LogP contribution in [0.25, 0.3) is 0 Å². The van der Waals surface area contributed by atoms with Crippen LogP contribution in [0.3, 0.4) is 0 Å². The molecule has 6 heteroatoms. The number of rotatable bonds is 2. The van der Waals surface area contributed by atoms with Crippen LogP contribution in [0.4, 0.5) is 5.13 Å².